The molecule has 0 unspecified atom stereocenters. The van der Waals surface area contributed by atoms with Crippen LogP contribution in [0.15, 0.2) is 33.9 Å². The molecule has 0 bridgehead atoms. The number of aromatic nitrogens is 2. The average Bonchev–Trinajstić information content (AvgIpc) is 2.80. The van der Waals surface area contributed by atoms with Crippen LogP contribution in [0, 0.1) is 25.1 Å². The van der Waals surface area contributed by atoms with Crippen molar-refractivity contribution in [3.8, 4) is 23.5 Å². The van der Waals surface area contributed by atoms with Crippen molar-refractivity contribution in [2.24, 2.45) is 0 Å². The molecule has 4 nitrogen and oxygen atoms in total. The summed E-state index contributed by atoms with van der Waals surface area (Å²) in [6.07, 6.45) is 5.21. The number of nitrogens with zero attached hydrogens (tertiary/aromatic N) is 1. The Morgan fingerprint density at radius 3 is 2.64 bits per heavy atom. The molecule has 2 heterocycles. The molecule has 0 atom stereocenters. The number of terminal acetylenes is 1. The summed E-state index contributed by atoms with van der Waals surface area (Å²) in [7, 11) is 0. The molecule has 0 fully saturated rings. The SMILES string of the molecule is C#CCn1c(=O)[nH]c2sc(C)c(-c3ccc(F)cc3)c2c1=O. The largest absolute Gasteiger partial charge is 0.330 e. The number of hydrogen-bond donors (Lipinski definition) is 1. The monoisotopic (exact) mass is 314 g/mol. The number of rotatable bonds is 2. The standard InChI is InChI=1S/C16H11FN2O2S/c1-3-8-19-15(20)13-12(10-4-6-11(17)7-5-10)9(2)22-14(13)18-16(19)21/h1,4-7H,8H2,2H3,(H,18,21). The fourth-order valence-corrected chi connectivity index (χ4v) is 3.49. The Labute approximate surface area is 128 Å². The van der Waals surface area contributed by atoms with Crippen molar-refractivity contribution in [3.63, 3.8) is 0 Å². The summed E-state index contributed by atoms with van der Waals surface area (Å²) in [5.74, 6) is 1.95. The van der Waals surface area contributed by atoms with Gasteiger partial charge in [-0.05, 0) is 24.6 Å². The van der Waals surface area contributed by atoms with Crippen LogP contribution in [0.25, 0.3) is 21.3 Å². The molecule has 2 aromatic heterocycles. The Balaban J connectivity index is 2.41. The third-order valence-electron chi connectivity index (χ3n) is 3.39. The molecule has 0 saturated heterocycles. The van der Waals surface area contributed by atoms with Gasteiger partial charge in [0.15, 0.2) is 0 Å². The van der Waals surface area contributed by atoms with Crippen molar-refractivity contribution >= 4 is 21.6 Å². The topological polar surface area (TPSA) is 54.9 Å². The minimum absolute atomic E-state index is 0.0954. The number of H-pyrrole nitrogens is 1. The number of halogens is 1. The van der Waals surface area contributed by atoms with E-state index in [2.05, 4.69) is 10.9 Å². The highest BCUT2D eigenvalue weighted by molar-refractivity contribution is 7.19. The highest BCUT2D eigenvalue weighted by atomic mass is 32.1. The summed E-state index contributed by atoms with van der Waals surface area (Å²) in [6.45, 7) is 1.76. The van der Waals surface area contributed by atoms with Gasteiger partial charge in [0.25, 0.3) is 5.56 Å². The molecule has 3 rings (SSSR count). The Hall–Kier alpha value is -2.65. The molecule has 22 heavy (non-hydrogen) atoms. The van der Waals surface area contributed by atoms with Crippen molar-refractivity contribution in [2.45, 2.75) is 13.5 Å². The summed E-state index contributed by atoms with van der Waals surface area (Å²) < 4.78 is 14.1. The molecule has 0 aliphatic carbocycles. The van der Waals surface area contributed by atoms with Gasteiger partial charge in [-0.1, -0.05) is 18.1 Å². The third kappa shape index (κ3) is 2.16. The van der Waals surface area contributed by atoms with Gasteiger partial charge in [-0.15, -0.1) is 17.8 Å². The number of thiophene rings is 1. The number of hydrogen-bond acceptors (Lipinski definition) is 3. The van der Waals surface area contributed by atoms with Crippen molar-refractivity contribution in [1.29, 1.82) is 0 Å². The molecule has 0 amide bonds. The van der Waals surface area contributed by atoms with E-state index >= 15 is 0 Å². The van der Waals surface area contributed by atoms with E-state index < -0.39 is 11.2 Å². The van der Waals surface area contributed by atoms with Gasteiger partial charge in [-0.25, -0.2) is 13.8 Å². The van der Waals surface area contributed by atoms with E-state index in [0.717, 1.165) is 15.0 Å². The molecule has 0 aliphatic heterocycles. The average molecular weight is 314 g/mol. The molecule has 3 aromatic rings. The second-order valence-corrected chi connectivity index (χ2v) is 5.99. The van der Waals surface area contributed by atoms with Gasteiger partial charge < -0.3 is 0 Å². The summed E-state index contributed by atoms with van der Waals surface area (Å²) in [5, 5.41) is 0.406. The van der Waals surface area contributed by atoms with Crippen LogP contribution in [0.1, 0.15) is 4.88 Å². The van der Waals surface area contributed by atoms with Crippen LogP contribution in [-0.2, 0) is 6.54 Å². The van der Waals surface area contributed by atoms with Gasteiger partial charge in [0, 0.05) is 10.4 Å². The number of nitrogens with one attached hydrogen (secondary N) is 1. The maximum atomic E-state index is 13.1. The molecule has 0 aliphatic rings. The smallest absolute Gasteiger partial charge is 0.298 e. The zero-order chi connectivity index (χ0) is 15.9. The second-order valence-electron chi connectivity index (χ2n) is 4.77. The summed E-state index contributed by atoms with van der Waals surface area (Å²) in [6, 6.07) is 5.90. The summed E-state index contributed by atoms with van der Waals surface area (Å²) in [5.41, 5.74) is 0.469. The number of aromatic amines is 1. The van der Waals surface area contributed by atoms with Crippen LogP contribution in [0.2, 0.25) is 0 Å². The second kappa shape index (κ2) is 5.28. The van der Waals surface area contributed by atoms with E-state index in [-0.39, 0.29) is 12.4 Å². The first-order chi connectivity index (χ1) is 10.5. The van der Waals surface area contributed by atoms with Crippen LogP contribution in [0.5, 0.6) is 0 Å². The van der Waals surface area contributed by atoms with Gasteiger partial charge in [0.05, 0.1) is 11.9 Å². The fraction of sp³-hybridized carbons (Fsp3) is 0.125. The lowest BCUT2D eigenvalue weighted by Crippen LogP contribution is -2.34. The first-order valence-corrected chi connectivity index (χ1v) is 7.30. The number of benzene rings is 1. The van der Waals surface area contributed by atoms with Gasteiger partial charge in [-0.2, -0.15) is 0 Å². The molecule has 6 heteroatoms. The normalized spacial score (nSPS) is 10.8. The molecule has 1 aromatic carbocycles. The van der Waals surface area contributed by atoms with Crippen LogP contribution in [0.4, 0.5) is 4.39 Å². The van der Waals surface area contributed by atoms with Crippen molar-refractivity contribution in [3.05, 3.63) is 55.8 Å². The fourth-order valence-electron chi connectivity index (χ4n) is 2.43. The van der Waals surface area contributed by atoms with Gasteiger partial charge in [0.1, 0.15) is 10.6 Å². The van der Waals surface area contributed by atoms with E-state index in [9.17, 15) is 14.0 Å². The van der Waals surface area contributed by atoms with Gasteiger partial charge in [-0.3, -0.25) is 9.78 Å². The lowest BCUT2D eigenvalue weighted by atomic mass is 10.0. The van der Waals surface area contributed by atoms with E-state index in [0.29, 0.717) is 15.8 Å². The van der Waals surface area contributed by atoms with Crippen molar-refractivity contribution in [1.82, 2.24) is 9.55 Å². The zero-order valence-corrected chi connectivity index (χ0v) is 12.5. The summed E-state index contributed by atoms with van der Waals surface area (Å²) >= 11 is 1.32. The molecule has 0 radical (unpaired) electrons. The Kier molecular flexibility index (Phi) is 3.43. The van der Waals surface area contributed by atoms with Crippen LogP contribution >= 0.6 is 11.3 Å². The maximum Gasteiger partial charge on any atom is 0.330 e. The lowest BCUT2D eigenvalue weighted by Gasteiger charge is -2.04. The van der Waals surface area contributed by atoms with Crippen molar-refractivity contribution < 1.29 is 4.39 Å². The lowest BCUT2D eigenvalue weighted by molar-refractivity contribution is 0.628. The molecule has 1 N–H and O–H groups in total. The minimum atomic E-state index is -0.526. The maximum absolute atomic E-state index is 13.1. The minimum Gasteiger partial charge on any atom is -0.298 e. The molecular weight excluding hydrogens is 303 g/mol. The molecule has 110 valence electrons. The van der Waals surface area contributed by atoms with E-state index in [1.807, 2.05) is 6.92 Å². The molecular formula is C16H11FN2O2S. The van der Waals surface area contributed by atoms with Crippen LogP contribution in [0.3, 0.4) is 0 Å². The quantitative estimate of drug-likeness (QED) is 0.739. The predicted molar refractivity (Wildman–Crippen MR) is 85.7 cm³/mol. The van der Waals surface area contributed by atoms with Gasteiger partial charge >= 0.3 is 5.69 Å². The van der Waals surface area contributed by atoms with E-state index in [4.69, 9.17) is 6.42 Å². The van der Waals surface area contributed by atoms with E-state index in [1.54, 1.807) is 12.1 Å². The summed E-state index contributed by atoms with van der Waals surface area (Å²) in [4.78, 5) is 28.6. The number of aryl methyl sites for hydroxylation is 1. The predicted octanol–water partition coefficient (Wildman–Crippen LogP) is 2.50. The molecule has 0 spiro atoms. The third-order valence-corrected chi connectivity index (χ3v) is 4.41. The first kappa shape index (κ1) is 14.3. The highest BCUT2D eigenvalue weighted by Gasteiger charge is 2.17. The zero-order valence-electron chi connectivity index (χ0n) is 11.6. The first-order valence-electron chi connectivity index (χ1n) is 6.48. The number of fused-ring (bicyclic) bond motifs is 1. The Morgan fingerprint density at radius 2 is 2.00 bits per heavy atom. The Bertz CT molecular complexity index is 1020. The Morgan fingerprint density at radius 1 is 1.32 bits per heavy atom. The molecule has 0 saturated carbocycles. The van der Waals surface area contributed by atoms with E-state index in [1.165, 1.54) is 23.5 Å². The van der Waals surface area contributed by atoms with Crippen LogP contribution in [-0.4, -0.2) is 9.55 Å². The van der Waals surface area contributed by atoms with Crippen LogP contribution < -0.4 is 11.2 Å². The highest BCUT2D eigenvalue weighted by Crippen LogP contribution is 2.35. The van der Waals surface area contributed by atoms with Crippen molar-refractivity contribution in [2.75, 3.05) is 0 Å². The van der Waals surface area contributed by atoms with Gasteiger partial charge in [0.2, 0.25) is 0 Å².